The Morgan fingerprint density at radius 1 is 1.20 bits per heavy atom. The van der Waals surface area contributed by atoms with E-state index in [-0.39, 0.29) is 17.0 Å². The molecular weight excluding hydrogens is 404 g/mol. The predicted octanol–water partition coefficient (Wildman–Crippen LogP) is 2.45. The predicted molar refractivity (Wildman–Crippen MR) is 112 cm³/mol. The van der Waals surface area contributed by atoms with Crippen molar-refractivity contribution < 1.29 is 19.4 Å². The van der Waals surface area contributed by atoms with Gasteiger partial charge in [0.2, 0.25) is 11.1 Å². The van der Waals surface area contributed by atoms with Gasteiger partial charge in [0.25, 0.3) is 6.17 Å². The van der Waals surface area contributed by atoms with Crippen LogP contribution in [0.3, 0.4) is 0 Å². The summed E-state index contributed by atoms with van der Waals surface area (Å²) < 4.78 is 1.55. The molecule has 8 nitrogen and oxygen atoms in total. The zero-order valence-corrected chi connectivity index (χ0v) is 17.1. The maximum Gasteiger partial charge on any atom is 0.335 e. The standard InChI is InChI=1S/C21H18N4O4S/c1-3-30-21-22-18(27)17-15-6-4-5-7-16(15)24(12(2)26)19(25(17)23-21)13-8-10-14(11-9-13)20(28)29/h4-11,19H,3H2,1-2H3,(H-,22,23,27,28,29)/p+1/t19-/m0/s1. The number of thioether (sulfide) groups is 1. The number of H-pyrrole nitrogens is 1. The Morgan fingerprint density at radius 2 is 1.90 bits per heavy atom. The highest BCUT2D eigenvalue weighted by molar-refractivity contribution is 7.99. The average molecular weight is 423 g/mol. The number of carbonyl (C=O) groups is 2. The van der Waals surface area contributed by atoms with Gasteiger partial charge in [-0.05, 0) is 46.8 Å². The molecule has 30 heavy (non-hydrogen) atoms. The summed E-state index contributed by atoms with van der Waals surface area (Å²) in [5.74, 6) is -0.546. The van der Waals surface area contributed by atoms with E-state index in [1.54, 1.807) is 46.0 Å². The van der Waals surface area contributed by atoms with Crippen LogP contribution >= 0.6 is 11.8 Å². The first kappa shape index (κ1) is 19.8. The van der Waals surface area contributed by atoms with Gasteiger partial charge in [0.1, 0.15) is 0 Å². The molecule has 0 fully saturated rings. The van der Waals surface area contributed by atoms with E-state index in [0.29, 0.717) is 33.4 Å². The molecule has 152 valence electrons. The summed E-state index contributed by atoms with van der Waals surface area (Å²) in [4.78, 5) is 41.4. The first-order chi connectivity index (χ1) is 14.4. The second-order valence-corrected chi connectivity index (χ2v) is 7.95. The van der Waals surface area contributed by atoms with Crippen molar-refractivity contribution in [2.24, 2.45) is 0 Å². The van der Waals surface area contributed by atoms with Crippen LogP contribution in [0, 0.1) is 0 Å². The Morgan fingerprint density at radius 3 is 2.53 bits per heavy atom. The SMILES string of the molecule is CCSc1n[n+]2c(c(=O)[nH]1)-c1ccccc1N(C(C)=O)[C@@H]2c1ccc(C(=O)O)cc1. The fraction of sp³-hybridized carbons (Fsp3) is 0.190. The van der Waals surface area contributed by atoms with Crippen molar-refractivity contribution in [3.8, 4) is 11.3 Å². The number of para-hydroxylation sites is 1. The normalized spacial score (nSPS) is 14.7. The van der Waals surface area contributed by atoms with E-state index in [4.69, 9.17) is 0 Å². The summed E-state index contributed by atoms with van der Waals surface area (Å²) in [7, 11) is 0. The second-order valence-electron chi connectivity index (χ2n) is 6.69. The number of carboxylic acid groups (broad SMARTS) is 1. The molecule has 2 aromatic carbocycles. The van der Waals surface area contributed by atoms with Gasteiger partial charge in [-0.1, -0.05) is 30.8 Å². The Kier molecular flexibility index (Phi) is 5.13. The summed E-state index contributed by atoms with van der Waals surface area (Å²) in [5.41, 5.74) is 2.02. The number of carboxylic acids is 1. The number of nitrogens with one attached hydrogen (secondary N) is 1. The maximum absolute atomic E-state index is 13.0. The third kappa shape index (κ3) is 3.26. The van der Waals surface area contributed by atoms with Crippen LogP contribution in [0.1, 0.15) is 35.9 Å². The third-order valence-electron chi connectivity index (χ3n) is 4.83. The van der Waals surface area contributed by atoms with E-state index in [9.17, 15) is 19.5 Å². The Balaban J connectivity index is 2.02. The second kappa shape index (κ2) is 7.75. The Labute approximate surface area is 176 Å². The molecular formula is C21H19N4O4S+. The molecule has 9 heteroatoms. The highest BCUT2D eigenvalue weighted by Gasteiger charge is 2.44. The van der Waals surface area contributed by atoms with Gasteiger partial charge in [-0.25, -0.2) is 9.69 Å². The lowest BCUT2D eigenvalue weighted by molar-refractivity contribution is -0.763. The Hall–Kier alpha value is -3.46. The number of nitrogens with zero attached hydrogens (tertiary/aromatic N) is 3. The minimum absolute atomic E-state index is 0.135. The van der Waals surface area contributed by atoms with Crippen molar-refractivity contribution in [1.82, 2.24) is 10.1 Å². The summed E-state index contributed by atoms with van der Waals surface area (Å²) in [6.07, 6.45) is -0.728. The molecule has 0 radical (unpaired) electrons. The summed E-state index contributed by atoms with van der Waals surface area (Å²) in [6.45, 7) is 3.41. The minimum Gasteiger partial charge on any atom is -0.478 e. The minimum atomic E-state index is -1.04. The number of aromatic carboxylic acids is 1. The van der Waals surface area contributed by atoms with Crippen LogP contribution in [0.15, 0.2) is 58.5 Å². The van der Waals surface area contributed by atoms with Gasteiger partial charge in [0.15, 0.2) is 0 Å². The molecule has 0 unspecified atom stereocenters. The number of anilines is 1. The van der Waals surface area contributed by atoms with E-state index in [1.807, 2.05) is 6.92 Å². The van der Waals surface area contributed by atoms with Gasteiger partial charge in [-0.15, -0.1) is 0 Å². The van der Waals surface area contributed by atoms with Gasteiger partial charge in [0.05, 0.1) is 16.8 Å². The van der Waals surface area contributed by atoms with Gasteiger partial charge >= 0.3 is 17.2 Å². The van der Waals surface area contributed by atoms with Crippen molar-refractivity contribution in [3.63, 3.8) is 0 Å². The van der Waals surface area contributed by atoms with E-state index in [1.165, 1.54) is 30.8 Å². The van der Waals surface area contributed by atoms with Crippen LogP contribution in [0.2, 0.25) is 0 Å². The average Bonchev–Trinajstić information content (AvgIpc) is 2.72. The van der Waals surface area contributed by atoms with Gasteiger partial charge in [-0.2, -0.15) is 0 Å². The molecule has 3 aromatic rings. The largest absolute Gasteiger partial charge is 0.478 e. The van der Waals surface area contributed by atoms with Gasteiger partial charge in [0, 0.05) is 17.6 Å². The van der Waals surface area contributed by atoms with Crippen LogP contribution in [0.25, 0.3) is 11.3 Å². The zero-order chi connectivity index (χ0) is 21.4. The molecule has 1 aliphatic heterocycles. The monoisotopic (exact) mass is 423 g/mol. The fourth-order valence-electron chi connectivity index (χ4n) is 3.61. The van der Waals surface area contributed by atoms with E-state index in [0.717, 1.165) is 0 Å². The zero-order valence-electron chi connectivity index (χ0n) is 16.3. The van der Waals surface area contributed by atoms with Crippen molar-refractivity contribution in [2.75, 3.05) is 10.7 Å². The molecule has 4 rings (SSSR count). The third-order valence-corrected chi connectivity index (χ3v) is 5.58. The lowest BCUT2D eigenvalue weighted by Crippen LogP contribution is -2.60. The van der Waals surface area contributed by atoms with E-state index >= 15 is 0 Å². The van der Waals surface area contributed by atoms with Gasteiger partial charge in [-0.3, -0.25) is 14.6 Å². The first-order valence-electron chi connectivity index (χ1n) is 9.33. The highest BCUT2D eigenvalue weighted by atomic mass is 32.2. The number of rotatable bonds is 4. The lowest BCUT2D eigenvalue weighted by Gasteiger charge is -2.31. The van der Waals surface area contributed by atoms with E-state index < -0.39 is 12.1 Å². The number of amides is 1. The molecule has 2 N–H and O–H groups in total. The summed E-state index contributed by atoms with van der Waals surface area (Å²) in [6, 6.07) is 13.4. The number of hydrogen-bond acceptors (Lipinski definition) is 5. The quantitative estimate of drug-likeness (QED) is 0.493. The van der Waals surface area contributed by atoms with Crippen LogP contribution in [0.5, 0.6) is 0 Å². The molecule has 0 saturated heterocycles. The smallest absolute Gasteiger partial charge is 0.335 e. The van der Waals surface area contributed by atoms with Crippen LogP contribution in [-0.2, 0) is 4.79 Å². The molecule has 2 heterocycles. The first-order valence-corrected chi connectivity index (χ1v) is 10.3. The fourth-order valence-corrected chi connectivity index (χ4v) is 4.20. The lowest BCUT2D eigenvalue weighted by atomic mass is 10.0. The van der Waals surface area contributed by atoms with Crippen LogP contribution in [-0.4, -0.2) is 32.8 Å². The van der Waals surface area contributed by atoms with Crippen molar-refractivity contribution >= 4 is 29.3 Å². The molecule has 0 spiro atoms. The summed E-state index contributed by atoms with van der Waals surface area (Å²) >= 11 is 1.39. The molecule has 0 saturated carbocycles. The van der Waals surface area contributed by atoms with E-state index in [2.05, 4.69) is 10.1 Å². The van der Waals surface area contributed by atoms with Gasteiger partial charge < -0.3 is 5.11 Å². The number of aromatic nitrogens is 3. The molecule has 1 aromatic heterocycles. The highest BCUT2D eigenvalue weighted by Crippen LogP contribution is 2.37. The topological polar surface area (TPSA) is 107 Å². The number of fused-ring (bicyclic) bond motifs is 3. The molecule has 1 aliphatic rings. The number of benzene rings is 2. The van der Waals surface area contributed by atoms with Crippen molar-refractivity contribution in [1.29, 1.82) is 0 Å². The molecule has 0 bridgehead atoms. The molecule has 1 atom stereocenters. The molecule has 0 aliphatic carbocycles. The van der Waals surface area contributed by atoms with Crippen LogP contribution < -0.4 is 15.1 Å². The number of hydrogen-bond donors (Lipinski definition) is 2. The molecule has 1 amide bonds. The van der Waals surface area contributed by atoms with Crippen LogP contribution in [0.4, 0.5) is 5.69 Å². The Bertz CT molecular complexity index is 1210. The van der Waals surface area contributed by atoms with Crippen molar-refractivity contribution in [2.45, 2.75) is 25.2 Å². The van der Waals surface area contributed by atoms with Crippen molar-refractivity contribution in [3.05, 3.63) is 70.0 Å². The maximum atomic E-state index is 13.0. The number of aromatic amines is 1. The number of carbonyl (C=O) groups excluding carboxylic acids is 1. The summed E-state index contributed by atoms with van der Waals surface area (Å²) in [5, 5.41) is 14.3.